The maximum atomic E-state index is 12.8. The van der Waals surface area contributed by atoms with Gasteiger partial charge in [-0.1, -0.05) is 36.4 Å². The largest absolute Gasteiger partial charge is 0.388 e. The first kappa shape index (κ1) is 16.5. The van der Waals surface area contributed by atoms with Crippen molar-refractivity contribution in [2.45, 2.75) is 31.4 Å². The average molecular weight is 326 g/mol. The smallest absolute Gasteiger partial charge is 0.270 e. The first-order valence-electron chi connectivity index (χ1n) is 8.28. The van der Waals surface area contributed by atoms with Crippen LogP contribution in [0.4, 0.5) is 0 Å². The molecule has 2 heterocycles. The fourth-order valence-electron chi connectivity index (χ4n) is 3.34. The van der Waals surface area contributed by atoms with Crippen LogP contribution in [-0.2, 0) is 7.05 Å². The summed E-state index contributed by atoms with van der Waals surface area (Å²) < 4.78 is 1.38. The molecule has 0 bridgehead atoms. The fraction of sp³-hybridized carbons (Fsp3) is 0.368. The van der Waals surface area contributed by atoms with Crippen LogP contribution in [0.1, 0.15) is 41.4 Å². The lowest BCUT2D eigenvalue weighted by atomic mass is 10.0. The zero-order valence-electron chi connectivity index (χ0n) is 13.8. The van der Waals surface area contributed by atoms with Crippen molar-refractivity contribution in [3.8, 4) is 0 Å². The van der Waals surface area contributed by atoms with Gasteiger partial charge in [-0.25, -0.2) is 0 Å². The molecule has 24 heavy (non-hydrogen) atoms. The van der Waals surface area contributed by atoms with E-state index in [0.29, 0.717) is 18.7 Å². The number of hydrogen-bond acceptors (Lipinski definition) is 3. The SMILES string of the molecule is Cn1c(C(=O)N2CCCC2CC(O)c2ccccc2)cccc1=O. The summed E-state index contributed by atoms with van der Waals surface area (Å²) in [5.41, 5.74) is 1.06. The summed E-state index contributed by atoms with van der Waals surface area (Å²) in [6.45, 7) is 0.661. The minimum atomic E-state index is -0.593. The molecular weight excluding hydrogens is 304 g/mol. The molecule has 5 nitrogen and oxygen atoms in total. The summed E-state index contributed by atoms with van der Waals surface area (Å²) in [6.07, 6.45) is 1.70. The fourth-order valence-corrected chi connectivity index (χ4v) is 3.34. The second-order valence-electron chi connectivity index (χ2n) is 6.27. The van der Waals surface area contributed by atoms with Gasteiger partial charge in [0.15, 0.2) is 0 Å². The lowest BCUT2D eigenvalue weighted by Crippen LogP contribution is -2.39. The Morgan fingerprint density at radius 3 is 2.71 bits per heavy atom. The molecule has 2 aromatic rings. The van der Waals surface area contributed by atoms with E-state index in [4.69, 9.17) is 0 Å². The highest BCUT2D eigenvalue weighted by Gasteiger charge is 2.32. The van der Waals surface area contributed by atoms with Gasteiger partial charge in [-0.2, -0.15) is 0 Å². The molecule has 1 aliphatic rings. The number of carbonyl (C=O) groups is 1. The summed E-state index contributed by atoms with van der Waals surface area (Å²) in [6, 6.07) is 14.2. The molecule has 1 aromatic heterocycles. The van der Waals surface area contributed by atoms with Crippen molar-refractivity contribution in [1.82, 2.24) is 9.47 Å². The molecule has 1 amide bonds. The third-order valence-corrected chi connectivity index (χ3v) is 4.72. The highest BCUT2D eigenvalue weighted by Crippen LogP contribution is 2.28. The molecule has 1 N–H and O–H groups in total. The van der Waals surface area contributed by atoms with E-state index in [-0.39, 0.29) is 17.5 Å². The molecule has 2 atom stereocenters. The van der Waals surface area contributed by atoms with Crippen molar-refractivity contribution in [3.63, 3.8) is 0 Å². The third-order valence-electron chi connectivity index (χ3n) is 4.72. The summed E-state index contributed by atoms with van der Waals surface area (Å²) in [7, 11) is 1.61. The molecule has 1 fully saturated rings. The number of amides is 1. The second-order valence-corrected chi connectivity index (χ2v) is 6.27. The van der Waals surface area contributed by atoms with Crippen molar-refractivity contribution < 1.29 is 9.90 Å². The van der Waals surface area contributed by atoms with E-state index in [1.54, 1.807) is 24.1 Å². The number of carbonyl (C=O) groups excluding carboxylic acids is 1. The Morgan fingerprint density at radius 2 is 1.96 bits per heavy atom. The van der Waals surface area contributed by atoms with Gasteiger partial charge in [0.2, 0.25) is 0 Å². The lowest BCUT2D eigenvalue weighted by Gasteiger charge is -2.27. The number of rotatable bonds is 4. The zero-order chi connectivity index (χ0) is 17.1. The summed E-state index contributed by atoms with van der Waals surface area (Å²) >= 11 is 0. The van der Waals surface area contributed by atoms with E-state index < -0.39 is 6.10 Å². The van der Waals surface area contributed by atoms with Gasteiger partial charge in [0.05, 0.1) is 6.10 Å². The van der Waals surface area contributed by atoms with E-state index in [1.807, 2.05) is 30.3 Å². The maximum Gasteiger partial charge on any atom is 0.270 e. The number of pyridine rings is 1. The second kappa shape index (κ2) is 7.01. The Balaban J connectivity index is 1.77. The van der Waals surface area contributed by atoms with Crippen LogP contribution < -0.4 is 5.56 Å². The van der Waals surface area contributed by atoms with Crippen LogP contribution in [0.15, 0.2) is 53.3 Å². The van der Waals surface area contributed by atoms with E-state index in [1.165, 1.54) is 10.6 Å². The summed E-state index contributed by atoms with van der Waals surface area (Å²) in [5.74, 6) is -0.141. The molecule has 1 aromatic carbocycles. The van der Waals surface area contributed by atoms with Gasteiger partial charge in [0, 0.05) is 25.7 Å². The van der Waals surface area contributed by atoms with Crippen LogP contribution in [0.3, 0.4) is 0 Å². The van der Waals surface area contributed by atoms with E-state index >= 15 is 0 Å². The number of likely N-dealkylation sites (tertiary alicyclic amines) is 1. The summed E-state index contributed by atoms with van der Waals surface area (Å²) in [4.78, 5) is 26.4. The predicted octanol–water partition coefficient (Wildman–Crippen LogP) is 2.11. The molecule has 0 spiro atoms. The lowest BCUT2D eigenvalue weighted by molar-refractivity contribution is 0.0656. The van der Waals surface area contributed by atoms with Crippen molar-refractivity contribution in [3.05, 3.63) is 70.1 Å². The van der Waals surface area contributed by atoms with E-state index in [9.17, 15) is 14.7 Å². The monoisotopic (exact) mass is 326 g/mol. The van der Waals surface area contributed by atoms with Gasteiger partial charge in [-0.05, 0) is 30.9 Å². The Morgan fingerprint density at radius 1 is 1.21 bits per heavy atom. The summed E-state index contributed by atoms with van der Waals surface area (Å²) in [5, 5.41) is 10.5. The van der Waals surface area contributed by atoms with E-state index in [0.717, 1.165) is 18.4 Å². The Kier molecular flexibility index (Phi) is 4.81. The predicted molar refractivity (Wildman–Crippen MR) is 91.8 cm³/mol. The number of nitrogens with zero attached hydrogens (tertiary/aromatic N) is 2. The quantitative estimate of drug-likeness (QED) is 0.936. The van der Waals surface area contributed by atoms with Gasteiger partial charge in [0.25, 0.3) is 11.5 Å². The van der Waals surface area contributed by atoms with Crippen LogP contribution in [-0.4, -0.2) is 33.1 Å². The Labute approximate surface area is 141 Å². The highest BCUT2D eigenvalue weighted by atomic mass is 16.3. The molecule has 3 rings (SSSR count). The van der Waals surface area contributed by atoms with Crippen molar-refractivity contribution in [1.29, 1.82) is 0 Å². The van der Waals surface area contributed by atoms with Gasteiger partial charge < -0.3 is 14.6 Å². The van der Waals surface area contributed by atoms with Crippen LogP contribution in [0.25, 0.3) is 0 Å². The van der Waals surface area contributed by atoms with Crippen LogP contribution >= 0.6 is 0 Å². The number of benzene rings is 1. The normalized spacial score (nSPS) is 18.6. The number of hydrogen-bond donors (Lipinski definition) is 1. The van der Waals surface area contributed by atoms with Gasteiger partial charge >= 0.3 is 0 Å². The molecule has 1 aliphatic heterocycles. The van der Waals surface area contributed by atoms with Crippen LogP contribution in [0, 0.1) is 0 Å². The Bertz CT molecular complexity index is 770. The maximum absolute atomic E-state index is 12.8. The molecular formula is C19H22N2O3. The standard InChI is InChI=1S/C19H22N2O3/c1-20-16(10-5-11-18(20)23)19(24)21-12-6-9-15(21)13-17(22)14-7-3-2-4-8-14/h2-5,7-8,10-11,15,17,22H,6,9,12-13H2,1H3. The van der Waals surface area contributed by atoms with Crippen molar-refractivity contribution in [2.75, 3.05) is 6.54 Å². The van der Waals surface area contributed by atoms with Crippen LogP contribution in [0.2, 0.25) is 0 Å². The molecule has 1 saturated heterocycles. The molecule has 5 heteroatoms. The third kappa shape index (κ3) is 3.26. The average Bonchev–Trinajstić information content (AvgIpc) is 3.05. The number of aliphatic hydroxyl groups is 1. The minimum Gasteiger partial charge on any atom is -0.388 e. The molecule has 0 aliphatic carbocycles. The first-order chi connectivity index (χ1) is 11.6. The Hall–Kier alpha value is -2.40. The van der Waals surface area contributed by atoms with Gasteiger partial charge in [0.1, 0.15) is 5.69 Å². The van der Waals surface area contributed by atoms with Gasteiger partial charge in [-0.3, -0.25) is 9.59 Å². The van der Waals surface area contributed by atoms with Crippen molar-refractivity contribution >= 4 is 5.91 Å². The van der Waals surface area contributed by atoms with E-state index in [2.05, 4.69) is 0 Å². The first-order valence-corrected chi connectivity index (χ1v) is 8.28. The molecule has 126 valence electrons. The number of aliphatic hydroxyl groups excluding tert-OH is 1. The van der Waals surface area contributed by atoms with Gasteiger partial charge in [-0.15, -0.1) is 0 Å². The number of aromatic nitrogens is 1. The molecule has 0 radical (unpaired) electrons. The highest BCUT2D eigenvalue weighted by molar-refractivity contribution is 5.93. The topological polar surface area (TPSA) is 62.5 Å². The minimum absolute atomic E-state index is 0.0111. The zero-order valence-corrected chi connectivity index (χ0v) is 13.8. The molecule has 2 unspecified atom stereocenters. The van der Waals surface area contributed by atoms with Crippen LogP contribution in [0.5, 0.6) is 0 Å². The molecule has 0 saturated carbocycles. The van der Waals surface area contributed by atoms with Crippen molar-refractivity contribution in [2.24, 2.45) is 7.05 Å².